The minimum atomic E-state index is -0.532. The van der Waals surface area contributed by atoms with E-state index in [1.165, 1.54) is 12.1 Å². The summed E-state index contributed by atoms with van der Waals surface area (Å²) in [6.45, 7) is 0. The van der Waals surface area contributed by atoms with Gasteiger partial charge in [0.15, 0.2) is 5.11 Å². The van der Waals surface area contributed by atoms with Crippen LogP contribution in [0.1, 0.15) is 15.9 Å². The van der Waals surface area contributed by atoms with Crippen LogP contribution in [0.15, 0.2) is 77.9 Å². The van der Waals surface area contributed by atoms with Gasteiger partial charge in [-0.2, -0.15) is 5.10 Å². The van der Waals surface area contributed by atoms with Gasteiger partial charge in [0.05, 0.1) is 16.8 Å². The molecule has 0 atom stereocenters. The molecule has 29 heavy (non-hydrogen) atoms. The fourth-order valence-corrected chi connectivity index (χ4v) is 2.65. The van der Waals surface area contributed by atoms with Gasteiger partial charge in [0.25, 0.3) is 0 Å². The molecular weight excluding hydrogens is 413 g/mol. The minimum absolute atomic E-state index is 0.262. The molecule has 0 radical (unpaired) electrons. The molecular formula is C21H15ClFN3O2S. The van der Waals surface area contributed by atoms with Crippen LogP contribution in [0, 0.1) is 5.82 Å². The number of carbonyl (C=O) groups is 1. The number of hydrogen-bond acceptors (Lipinski definition) is 4. The van der Waals surface area contributed by atoms with Gasteiger partial charge in [-0.25, -0.2) is 9.18 Å². The fourth-order valence-electron chi connectivity index (χ4n) is 2.27. The molecule has 0 saturated carbocycles. The predicted molar refractivity (Wildman–Crippen MR) is 116 cm³/mol. The molecule has 0 unspecified atom stereocenters. The predicted octanol–water partition coefficient (Wildman–Crippen LogP) is 5.02. The number of hydrogen-bond donors (Lipinski definition) is 2. The number of halogens is 2. The van der Waals surface area contributed by atoms with E-state index in [0.29, 0.717) is 22.0 Å². The summed E-state index contributed by atoms with van der Waals surface area (Å²) in [5.74, 6) is -0.474. The summed E-state index contributed by atoms with van der Waals surface area (Å²) in [6, 6.07) is 19.2. The highest BCUT2D eigenvalue weighted by Gasteiger charge is 2.11. The van der Waals surface area contributed by atoms with E-state index < -0.39 is 5.97 Å². The molecule has 146 valence electrons. The number of rotatable bonds is 5. The number of nitrogens with zero attached hydrogens (tertiary/aromatic N) is 1. The number of anilines is 1. The normalized spacial score (nSPS) is 10.6. The first-order valence-corrected chi connectivity index (χ1v) is 9.22. The van der Waals surface area contributed by atoms with Crippen molar-refractivity contribution in [1.29, 1.82) is 0 Å². The summed E-state index contributed by atoms with van der Waals surface area (Å²) in [6.07, 6.45) is 1.55. The van der Waals surface area contributed by atoms with Crippen molar-refractivity contribution in [3.63, 3.8) is 0 Å². The Morgan fingerprint density at radius 1 is 1.03 bits per heavy atom. The first-order chi connectivity index (χ1) is 14.0. The molecule has 2 N–H and O–H groups in total. The number of benzene rings is 3. The summed E-state index contributed by atoms with van der Waals surface area (Å²) in [5.41, 5.74) is 4.37. The summed E-state index contributed by atoms with van der Waals surface area (Å²) in [7, 11) is 0. The van der Waals surface area contributed by atoms with Crippen LogP contribution in [0.25, 0.3) is 0 Å². The van der Waals surface area contributed by atoms with Crippen LogP contribution < -0.4 is 15.5 Å². The first kappa shape index (κ1) is 20.4. The summed E-state index contributed by atoms with van der Waals surface area (Å²) in [4.78, 5) is 12.2. The van der Waals surface area contributed by atoms with Crippen LogP contribution in [-0.2, 0) is 0 Å². The Hall–Kier alpha value is -3.29. The quantitative estimate of drug-likeness (QED) is 0.197. The number of esters is 1. The van der Waals surface area contributed by atoms with Crippen LogP contribution in [0.2, 0.25) is 5.02 Å². The van der Waals surface area contributed by atoms with Crippen molar-refractivity contribution in [2.24, 2.45) is 5.10 Å². The lowest BCUT2D eigenvalue weighted by molar-refractivity contribution is 0.0735. The molecule has 3 aromatic carbocycles. The molecule has 8 heteroatoms. The van der Waals surface area contributed by atoms with Crippen molar-refractivity contribution in [1.82, 2.24) is 5.43 Å². The van der Waals surface area contributed by atoms with Crippen molar-refractivity contribution in [2.45, 2.75) is 0 Å². The van der Waals surface area contributed by atoms with E-state index >= 15 is 0 Å². The van der Waals surface area contributed by atoms with E-state index in [9.17, 15) is 9.18 Å². The lowest BCUT2D eigenvalue weighted by Gasteiger charge is -2.07. The van der Waals surface area contributed by atoms with Crippen LogP contribution in [0.3, 0.4) is 0 Å². The minimum Gasteiger partial charge on any atom is -0.423 e. The summed E-state index contributed by atoms with van der Waals surface area (Å²) in [5, 5.41) is 7.50. The molecule has 0 aliphatic heterocycles. The van der Waals surface area contributed by atoms with Crippen molar-refractivity contribution in [2.75, 3.05) is 5.32 Å². The molecule has 0 aromatic heterocycles. The molecule has 0 fully saturated rings. The Bertz CT molecular complexity index is 1040. The zero-order chi connectivity index (χ0) is 20.6. The average molecular weight is 428 g/mol. The van der Waals surface area contributed by atoms with Gasteiger partial charge >= 0.3 is 5.97 Å². The van der Waals surface area contributed by atoms with E-state index in [2.05, 4.69) is 15.8 Å². The van der Waals surface area contributed by atoms with E-state index in [1.54, 1.807) is 66.9 Å². The first-order valence-electron chi connectivity index (χ1n) is 8.44. The Morgan fingerprint density at radius 2 is 1.72 bits per heavy atom. The third-order valence-electron chi connectivity index (χ3n) is 3.67. The number of thiocarbonyl (C=S) groups is 1. The van der Waals surface area contributed by atoms with Gasteiger partial charge in [-0.15, -0.1) is 0 Å². The number of ether oxygens (including phenoxy) is 1. The third-order valence-corrected chi connectivity index (χ3v) is 4.19. The van der Waals surface area contributed by atoms with Crippen molar-refractivity contribution in [3.8, 4) is 5.75 Å². The Labute approximate surface area is 177 Å². The lowest BCUT2D eigenvalue weighted by Crippen LogP contribution is -2.23. The molecule has 3 rings (SSSR count). The number of nitrogens with one attached hydrogen (secondary N) is 2. The highest BCUT2D eigenvalue weighted by Crippen LogP contribution is 2.19. The van der Waals surface area contributed by atoms with Gasteiger partial charge < -0.3 is 10.1 Å². The molecule has 0 aliphatic rings. The highest BCUT2D eigenvalue weighted by molar-refractivity contribution is 7.80. The van der Waals surface area contributed by atoms with Crippen molar-refractivity contribution in [3.05, 3.63) is 94.8 Å². The van der Waals surface area contributed by atoms with Gasteiger partial charge in [-0.3, -0.25) is 5.43 Å². The van der Waals surface area contributed by atoms with Crippen LogP contribution in [-0.4, -0.2) is 17.3 Å². The fraction of sp³-hybridized carbons (Fsp3) is 0. The summed E-state index contributed by atoms with van der Waals surface area (Å²) < 4.78 is 18.2. The number of carbonyl (C=O) groups excluding carboxylic acids is 1. The van der Waals surface area contributed by atoms with Gasteiger partial charge in [0, 0.05) is 5.69 Å². The third kappa shape index (κ3) is 6.10. The zero-order valence-electron chi connectivity index (χ0n) is 14.9. The van der Waals surface area contributed by atoms with E-state index in [0.717, 1.165) is 5.56 Å². The molecule has 5 nitrogen and oxygen atoms in total. The highest BCUT2D eigenvalue weighted by atomic mass is 35.5. The second-order valence-electron chi connectivity index (χ2n) is 5.77. The smallest absolute Gasteiger partial charge is 0.345 e. The Balaban J connectivity index is 1.52. The SMILES string of the molecule is O=C(Oc1ccc(C=NNC(=S)Nc2ccc(F)cc2)cc1)c1ccccc1Cl. The monoisotopic (exact) mass is 427 g/mol. The maximum Gasteiger partial charge on any atom is 0.345 e. The molecule has 0 spiro atoms. The van der Waals surface area contributed by atoms with Gasteiger partial charge in [-0.1, -0.05) is 23.7 Å². The van der Waals surface area contributed by atoms with E-state index in [4.69, 9.17) is 28.6 Å². The standard InChI is InChI=1S/C21H15ClFN3O2S/c22-19-4-2-1-3-18(19)20(27)28-17-11-5-14(6-12-17)13-24-26-21(29)25-16-9-7-15(23)8-10-16/h1-13H,(H2,25,26,29). The molecule has 0 saturated heterocycles. The average Bonchev–Trinajstić information content (AvgIpc) is 2.71. The Kier molecular flexibility index (Phi) is 6.89. The maximum absolute atomic E-state index is 12.9. The maximum atomic E-state index is 12.9. The second-order valence-corrected chi connectivity index (χ2v) is 6.58. The second kappa shape index (κ2) is 9.77. The van der Waals surface area contributed by atoms with Crippen LogP contribution >= 0.6 is 23.8 Å². The Morgan fingerprint density at radius 3 is 2.41 bits per heavy atom. The molecule has 0 amide bonds. The van der Waals surface area contributed by atoms with Gasteiger partial charge in [0.1, 0.15) is 11.6 Å². The van der Waals surface area contributed by atoms with E-state index in [-0.39, 0.29) is 10.9 Å². The van der Waals surface area contributed by atoms with Crippen LogP contribution in [0.5, 0.6) is 5.75 Å². The zero-order valence-corrected chi connectivity index (χ0v) is 16.5. The number of hydrazone groups is 1. The molecule has 0 heterocycles. The summed E-state index contributed by atoms with van der Waals surface area (Å²) >= 11 is 11.1. The van der Waals surface area contributed by atoms with E-state index in [1.807, 2.05) is 0 Å². The largest absolute Gasteiger partial charge is 0.423 e. The van der Waals surface area contributed by atoms with Crippen molar-refractivity contribution < 1.29 is 13.9 Å². The molecule has 0 aliphatic carbocycles. The van der Waals surface area contributed by atoms with Crippen LogP contribution in [0.4, 0.5) is 10.1 Å². The molecule has 0 bridgehead atoms. The molecule has 3 aromatic rings. The lowest BCUT2D eigenvalue weighted by atomic mass is 10.2. The van der Waals surface area contributed by atoms with Crippen molar-refractivity contribution >= 4 is 46.8 Å². The topological polar surface area (TPSA) is 62.7 Å². The van der Waals surface area contributed by atoms with Gasteiger partial charge in [0.2, 0.25) is 0 Å². The van der Waals surface area contributed by atoms with Gasteiger partial charge in [-0.05, 0) is 78.4 Å².